The summed E-state index contributed by atoms with van der Waals surface area (Å²) in [5.41, 5.74) is 1.61. The molecule has 0 radical (unpaired) electrons. The molecule has 0 aliphatic heterocycles. The Balaban J connectivity index is 2.16. The van der Waals surface area contributed by atoms with Gasteiger partial charge < -0.3 is 9.73 Å². The minimum absolute atomic E-state index is 0.0361. The molecule has 4 nitrogen and oxygen atoms in total. The highest BCUT2D eigenvalue weighted by Gasteiger charge is 2.14. The Bertz CT molecular complexity index is 559. The van der Waals surface area contributed by atoms with Crippen molar-refractivity contribution in [3.63, 3.8) is 0 Å². The molecule has 1 N–H and O–H groups in total. The van der Waals surface area contributed by atoms with Crippen LogP contribution in [0.4, 0.5) is 0 Å². The number of hydrogen-bond acceptors (Lipinski definition) is 3. The number of amides is 1. The van der Waals surface area contributed by atoms with Crippen molar-refractivity contribution in [2.24, 2.45) is 0 Å². The average Bonchev–Trinajstić information content (AvgIpc) is 2.71. The van der Waals surface area contributed by atoms with Crippen LogP contribution < -0.4 is 5.32 Å². The van der Waals surface area contributed by atoms with Crippen molar-refractivity contribution in [1.29, 1.82) is 0 Å². The van der Waals surface area contributed by atoms with Gasteiger partial charge in [-0.3, -0.25) is 4.79 Å². The fraction of sp³-hybridized carbons (Fsp3) is 0.333. The van der Waals surface area contributed by atoms with Gasteiger partial charge in [0.05, 0.1) is 12.1 Å². The maximum atomic E-state index is 11.7. The molecule has 1 aromatic heterocycles. The van der Waals surface area contributed by atoms with E-state index in [0.29, 0.717) is 17.3 Å². The highest BCUT2D eigenvalue weighted by atomic mass is 16.4. The first kappa shape index (κ1) is 13.3. The van der Waals surface area contributed by atoms with Crippen molar-refractivity contribution >= 4 is 5.91 Å². The van der Waals surface area contributed by atoms with Crippen molar-refractivity contribution < 1.29 is 9.21 Å². The molecule has 0 bridgehead atoms. The summed E-state index contributed by atoms with van der Waals surface area (Å²) in [6.07, 6.45) is 0.250. The molecule has 1 amide bonds. The average molecular weight is 258 g/mol. The van der Waals surface area contributed by atoms with E-state index in [-0.39, 0.29) is 18.4 Å². The van der Waals surface area contributed by atoms with Crippen molar-refractivity contribution in [3.8, 4) is 11.5 Å². The number of nitrogens with one attached hydrogen (secondary N) is 1. The predicted molar refractivity (Wildman–Crippen MR) is 73.7 cm³/mol. The second-order valence-electron chi connectivity index (χ2n) is 4.79. The molecular formula is C15H18N2O2. The maximum absolute atomic E-state index is 11.7. The first-order valence-electron chi connectivity index (χ1n) is 6.37. The molecule has 2 rings (SSSR count). The molecule has 100 valence electrons. The van der Waals surface area contributed by atoms with Crippen molar-refractivity contribution in [2.45, 2.75) is 33.2 Å². The number of oxazole rings is 1. The fourth-order valence-corrected chi connectivity index (χ4v) is 1.82. The summed E-state index contributed by atoms with van der Waals surface area (Å²) in [6, 6.07) is 9.80. The van der Waals surface area contributed by atoms with Crippen LogP contribution in [0.15, 0.2) is 34.7 Å². The van der Waals surface area contributed by atoms with E-state index in [1.54, 1.807) is 0 Å². The Kier molecular flexibility index (Phi) is 4.00. The minimum Gasteiger partial charge on any atom is -0.441 e. The number of nitrogens with zero attached hydrogens (tertiary/aromatic N) is 1. The van der Waals surface area contributed by atoms with Crippen molar-refractivity contribution in [2.75, 3.05) is 0 Å². The van der Waals surface area contributed by atoms with Gasteiger partial charge in [-0.15, -0.1) is 0 Å². The number of carbonyl (C=O) groups excluding carboxylic acids is 1. The third-order valence-electron chi connectivity index (χ3n) is 2.69. The molecule has 1 heterocycles. The highest BCUT2D eigenvalue weighted by molar-refractivity contribution is 5.78. The van der Waals surface area contributed by atoms with Gasteiger partial charge in [-0.05, 0) is 32.9 Å². The van der Waals surface area contributed by atoms with Crippen LogP contribution in [-0.2, 0) is 11.2 Å². The van der Waals surface area contributed by atoms with Crippen LogP contribution in [0.1, 0.15) is 25.3 Å². The van der Waals surface area contributed by atoms with Gasteiger partial charge in [0.1, 0.15) is 5.76 Å². The molecule has 2 aromatic rings. The Hall–Kier alpha value is -2.10. The van der Waals surface area contributed by atoms with Gasteiger partial charge in [-0.25, -0.2) is 4.98 Å². The third kappa shape index (κ3) is 3.44. The molecule has 0 fully saturated rings. The third-order valence-corrected chi connectivity index (χ3v) is 2.69. The molecule has 1 aromatic carbocycles. The Morgan fingerprint density at radius 2 is 2.00 bits per heavy atom. The predicted octanol–water partition coefficient (Wildman–Crippen LogP) is 2.72. The minimum atomic E-state index is -0.0361. The van der Waals surface area contributed by atoms with Crippen LogP contribution in [0.5, 0.6) is 0 Å². The summed E-state index contributed by atoms with van der Waals surface area (Å²) in [6.45, 7) is 5.70. The summed E-state index contributed by atoms with van der Waals surface area (Å²) in [5.74, 6) is 1.22. The molecule has 19 heavy (non-hydrogen) atoms. The molecule has 0 unspecified atom stereocenters. The monoisotopic (exact) mass is 258 g/mol. The van der Waals surface area contributed by atoms with Gasteiger partial charge >= 0.3 is 0 Å². The summed E-state index contributed by atoms with van der Waals surface area (Å²) in [5, 5.41) is 2.85. The van der Waals surface area contributed by atoms with E-state index >= 15 is 0 Å². The second-order valence-corrected chi connectivity index (χ2v) is 4.79. The van der Waals surface area contributed by atoms with Gasteiger partial charge in [0.15, 0.2) is 0 Å². The van der Waals surface area contributed by atoms with E-state index in [2.05, 4.69) is 10.3 Å². The first-order chi connectivity index (χ1) is 9.06. The quantitative estimate of drug-likeness (QED) is 0.917. The lowest BCUT2D eigenvalue weighted by Crippen LogP contribution is -2.31. The van der Waals surface area contributed by atoms with E-state index in [0.717, 1.165) is 5.56 Å². The van der Waals surface area contributed by atoms with E-state index in [4.69, 9.17) is 4.42 Å². The second kappa shape index (κ2) is 5.69. The molecule has 0 saturated heterocycles. The number of hydrogen-bond donors (Lipinski definition) is 1. The van der Waals surface area contributed by atoms with Gasteiger partial charge in [-0.1, -0.05) is 18.2 Å². The van der Waals surface area contributed by atoms with E-state index in [1.807, 2.05) is 51.1 Å². The lowest BCUT2D eigenvalue weighted by Gasteiger charge is -2.06. The SMILES string of the molecule is Cc1oc(-c2ccccc2)nc1CC(=O)NC(C)C. The standard InChI is InChI=1S/C15H18N2O2/c1-10(2)16-14(18)9-13-11(3)19-15(17-13)12-7-5-4-6-8-12/h4-8,10H,9H2,1-3H3,(H,16,18). The lowest BCUT2D eigenvalue weighted by atomic mass is 10.2. The maximum Gasteiger partial charge on any atom is 0.226 e. The largest absolute Gasteiger partial charge is 0.441 e. The normalized spacial score (nSPS) is 10.7. The number of benzene rings is 1. The zero-order valence-electron chi connectivity index (χ0n) is 11.4. The van der Waals surface area contributed by atoms with Crippen LogP contribution in [0.3, 0.4) is 0 Å². The summed E-state index contributed by atoms with van der Waals surface area (Å²) in [4.78, 5) is 16.1. The summed E-state index contributed by atoms with van der Waals surface area (Å²) >= 11 is 0. The van der Waals surface area contributed by atoms with E-state index in [1.165, 1.54) is 0 Å². The smallest absolute Gasteiger partial charge is 0.226 e. The Morgan fingerprint density at radius 3 is 2.63 bits per heavy atom. The summed E-state index contributed by atoms with van der Waals surface area (Å²) < 4.78 is 5.62. The Labute approximate surface area is 112 Å². The topological polar surface area (TPSA) is 55.1 Å². The molecule has 0 saturated carbocycles. The van der Waals surface area contributed by atoms with Crippen LogP contribution in [0.2, 0.25) is 0 Å². The van der Waals surface area contributed by atoms with Crippen molar-refractivity contribution in [3.05, 3.63) is 41.8 Å². The number of aromatic nitrogens is 1. The summed E-state index contributed by atoms with van der Waals surface area (Å²) in [7, 11) is 0. The van der Waals surface area contributed by atoms with E-state index in [9.17, 15) is 4.79 Å². The van der Waals surface area contributed by atoms with Gasteiger partial charge in [0.25, 0.3) is 0 Å². The van der Waals surface area contributed by atoms with E-state index < -0.39 is 0 Å². The molecule has 0 aliphatic carbocycles. The first-order valence-corrected chi connectivity index (χ1v) is 6.37. The van der Waals surface area contributed by atoms with Gasteiger partial charge in [0, 0.05) is 11.6 Å². The number of aryl methyl sites for hydroxylation is 1. The molecule has 0 spiro atoms. The zero-order valence-corrected chi connectivity index (χ0v) is 11.4. The molecule has 4 heteroatoms. The van der Waals surface area contributed by atoms with Crippen LogP contribution >= 0.6 is 0 Å². The van der Waals surface area contributed by atoms with Crippen LogP contribution in [-0.4, -0.2) is 16.9 Å². The Morgan fingerprint density at radius 1 is 1.32 bits per heavy atom. The molecular weight excluding hydrogens is 240 g/mol. The van der Waals surface area contributed by atoms with Crippen molar-refractivity contribution in [1.82, 2.24) is 10.3 Å². The molecule has 0 atom stereocenters. The highest BCUT2D eigenvalue weighted by Crippen LogP contribution is 2.21. The fourth-order valence-electron chi connectivity index (χ4n) is 1.82. The number of rotatable bonds is 4. The zero-order chi connectivity index (χ0) is 13.8. The van der Waals surface area contributed by atoms with Crippen LogP contribution in [0, 0.1) is 6.92 Å². The number of carbonyl (C=O) groups is 1. The lowest BCUT2D eigenvalue weighted by molar-refractivity contribution is -0.121. The van der Waals surface area contributed by atoms with Crippen LogP contribution in [0.25, 0.3) is 11.5 Å². The van der Waals surface area contributed by atoms with Gasteiger partial charge in [0.2, 0.25) is 11.8 Å². The van der Waals surface area contributed by atoms with Gasteiger partial charge in [-0.2, -0.15) is 0 Å². The molecule has 0 aliphatic rings.